The molecule has 0 saturated carbocycles. The molecule has 0 spiro atoms. The molecule has 118 valence electrons. The summed E-state index contributed by atoms with van der Waals surface area (Å²) >= 11 is 0. The molecule has 7 heteroatoms. The molecule has 0 fully saturated rings. The van der Waals surface area contributed by atoms with E-state index in [-0.39, 0.29) is 25.0 Å². The number of likely N-dealkylation sites (N-methyl/N-ethyl adjacent to an activating group) is 1. The number of aliphatic carboxylic acids is 1. The molecule has 0 heterocycles. The summed E-state index contributed by atoms with van der Waals surface area (Å²) in [6.45, 7) is 4.99. The molecular weight excluding hydrogens is 262 g/mol. The molecule has 0 aromatic heterocycles. The van der Waals surface area contributed by atoms with E-state index in [4.69, 9.17) is 9.84 Å². The van der Waals surface area contributed by atoms with Gasteiger partial charge in [-0.05, 0) is 20.0 Å². The van der Waals surface area contributed by atoms with Gasteiger partial charge in [-0.2, -0.15) is 0 Å². The van der Waals surface area contributed by atoms with E-state index in [1.54, 1.807) is 0 Å². The molecule has 0 aromatic rings. The second-order valence-electron chi connectivity index (χ2n) is 5.42. The number of carbonyl (C=O) groups is 2. The van der Waals surface area contributed by atoms with E-state index in [9.17, 15) is 9.59 Å². The van der Waals surface area contributed by atoms with Gasteiger partial charge in [0.2, 0.25) is 0 Å². The lowest BCUT2D eigenvalue weighted by atomic mass is 10.0. The highest BCUT2D eigenvalue weighted by molar-refractivity contribution is 5.74. The summed E-state index contributed by atoms with van der Waals surface area (Å²) in [4.78, 5) is 24.4. The molecule has 2 amide bonds. The zero-order valence-corrected chi connectivity index (χ0v) is 13.0. The third kappa shape index (κ3) is 8.71. The number of urea groups is 1. The molecule has 0 bridgehead atoms. The zero-order valence-electron chi connectivity index (χ0n) is 13.0. The van der Waals surface area contributed by atoms with E-state index in [1.807, 2.05) is 32.8 Å². The van der Waals surface area contributed by atoms with Gasteiger partial charge in [-0.15, -0.1) is 0 Å². The molecule has 7 nitrogen and oxygen atoms in total. The third-order valence-electron chi connectivity index (χ3n) is 2.91. The van der Waals surface area contributed by atoms with Crippen molar-refractivity contribution in [3.63, 3.8) is 0 Å². The van der Waals surface area contributed by atoms with Crippen LogP contribution in [0.4, 0.5) is 4.79 Å². The minimum absolute atomic E-state index is 0.0328. The van der Waals surface area contributed by atoms with Crippen molar-refractivity contribution in [1.29, 1.82) is 0 Å². The average Bonchev–Trinajstić information content (AvgIpc) is 2.32. The van der Waals surface area contributed by atoms with E-state index in [2.05, 4.69) is 10.6 Å². The molecule has 0 aliphatic carbocycles. The molecule has 2 atom stereocenters. The molecular formula is C13H27N3O4. The van der Waals surface area contributed by atoms with Gasteiger partial charge in [0, 0.05) is 26.2 Å². The van der Waals surface area contributed by atoms with Gasteiger partial charge in [0.25, 0.3) is 0 Å². The highest BCUT2D eigenvalue weighted by Crippen LogP contribution is 2.02. The first-order valence-corrected chi connectivity index (χ1v) is 6.70. The molecule has 20 heavy (non-hydrogen) atoms. The number of rotatable bonds is 9. The lowest BCUT2D eigenvalue weighted by molar-refractivity contribution is -0.139. The molecule has 2 unspecified atom stereocenters. The number of methoxy groups -OCH3 is 1. The van der Waals surface area contributed by atoms with Crippen molar-refractivity contribution in [1.82, 2.24) is 15.5 Å². The first-order chi connectivity index (χ1) is 9.26. The number of carboxylic acid groups (broad SMARTS) is 1. The number of carbonyl (C=O) groups excluding carboxylic acids is 1. The van der Waals surface area contributed by atoms with Crippen molar-refractivity contribution in [2.45, 2.75) is 32.4 Å². The third-order valence-corrected chi connectivity index (χ3v) is 2.91. The number of hydrogen-bond donors (Lipinski definition) is 3. The molecule has 0 aliphatic heterocycles. The molecule has 0 aliphatic rings. The van der Waals surface area contributed by atoms with E-state index in [1.165, 1.54) is 7.11 Å². The molecule has 0 rings (SSSR count). The Morgan fingerprint density at radius 3 is 2.30 bits per heavy atom. The van der Waals surface area contributed by atoms with E-state index < -0.39 is 12.1 Å². The maximum absolute atomic E-state index is 11.8. The maximum Gasteiger partial charge on any atom is 0.315 e. The van der Waals surface area contributed by atoms with E-state index in [0.29, 0.717) is 5.92 Å². The van der Waals surface area contributed by atoms with Crippen LogP contribution in [0.5, 0.6) is 0 Å². The summed E-state index contributed by atoms with van der Waals surface area (Å²) in [7, 11) is 5.32. The molecule has 0 saturated heterocycles. The lowest BCUT2D eigenvalue weighted by Crippen LogP contribution is -2.50. The second-order valence-corrected chi connectivity index (χ2v) is 5.42. The van der Waals surface area contributed by atoms with Crippen molar-refractivity contribution < 1.29 is 19.4 Å². The van der Waals surface area contributed by atoms with Gasteiger partial charge >= 0.3 is 12.0 Å². The largest absolute Gasteiger partial charge is 0.481 e. The summed E-state index contributed by atoms with van der Waals surface area (Å²) in [5.74, 6) is -0.646. The normalized spacial score (nSPS) is 14.2. The highest BCUT2D eigenvalue weighted by atomic mass is 16.5. The van der Waals surface area contributed by atoms with Crippen LogP contribution < -0.4 is 10.6 Å². The summed E-state index contributed by atoms with van der Waals surface area (Å²) in [6.07, 6.45) is -0.660. The van der Waals surface area contributed by atoms with Crippen molar-refractivity contribution in [3.05, 3.63) is 0 Å². The fraction of sp³-hybridized carbons (Fsp3) is 0.846. The van der Waals surface area contributed by atoms with Crippen molar-refractivity contribution in [3.8, 4) is 0 Å². The Labute approximate surface area is 120 Å². The first-order valence-electron chi connectivity index (χ1n) is 6.70. The Bertz CT molecular complexity index is 308. The monoisotopic (exact) mass is 289 g/mol. The smallest absolute Gasteiger partial charge is 0.315 e. The van der Waals surface area contributed by atoms with Gasteiger partial charge in [0.1, 0.15) is 0 Å². The Morgan fingerprint density at radius 2 is 1.90 bits per heavy atom. The van der Waals surface area contributed by atoms with Gasteiger partial charge in [-0.3, -0.25) is 4.79 Å². The van der Waals surface area contributed by atoms with Crippen LogP contribution in [0.3, 0.4) is 0 Å². The summed E-state index contributed by atoms with van der Waals surface area (Å²) in [5.41, 5.74) is 0. The zero-order chi connectivity index (χ0) is 15.7. The van der Waals surface area contributed by atoms with Crippen LogP contribution >= 0.6 is 0 Å². The number of ether oxygens (including phenoxy) is 1. The van der Waals surface area contributed by atoms with E-state index >= 15 is 0 Å². The summed E-state index contributed by atoms with van der Waals surface area (Å²) in [6, 6.07) is -0.275. The van der Waals surface area contributed by atoms with Crippen molar-refractivity contribution in [2.24, 2.45) is 5.92 Å². The van der Waals surface area contributed by atoms with Crippen LogP contribution in [0.15, 0.2) is 0 Å². The van der Waals surface area contributed by atoms with Crippen molar-refractivity contribution in [2.75, 3.05) is 34.3 Å². The quantitative estimate of drug-likeness (QED) is 0.570. The van der Waals surface area contributed by atoms with E-state index in [0.717, 1.165) is 6.54 Å². The highest BCUT2D eigenvalue weighted by Gasteiger charge is 2.18. The van der Waals surface area contributed by atoms with Gasteiger partial charge in [-0.25, -0.2) is 4.79 Å². The Kier molecular flexibility index (Phi) is 8.91. The van der Waals surface area contributed by atoms with Crippen molar-refractivity contribution >= 4 is 12.0 Å². The average molecular weight is 289 g/mol. The molecule has 0 radical (unpaired) electrons. The SMILES string of the molecule is COC(CNC(=O)NC(CN(C)C)C(C)C)CC(=O)O. The van der Waals surface area contributed by atoms with Crippen LogP contribution in [0.2, 0.25) is 0 Å². The Morgan fingerprint density at radius 1 is 1.30 bits per heavy atom. The van der Waals surface area contributed by atoms with Gasteiger partial charge in [-0.1, -0.05) is 13.8 Å². The Hall–Kier alpha value is -1.34. The summed E-state index contributed by atoms with van der Waals surface area (Å²) < 4.78 is 5.00. The standard InChI is InChI=1S/C13H27N3O4/c1-9(2)11(8-16(3)4)15-13(19)14-7-10(20-5)6-12(17)18/h9-11H,6-8H2,1-5H3,(H,17,18)(H2,14,15,19). The van der Waals surface area contributed by atoms with Gasteiger partial charge < -0.3 is 25.4 Å². The number of hydrogen-bond acceptors (Lipinski definition) is 4. The van der Waals surface area contributed by atoms with Crippen LogP contribution in [-0.4, -0.2) is 68.4 Å². The van der Waals surface area contributed by atoms with Crippen LogP contribution in [0.25, 0.3) is 0 Å². The fourth-order valence-corrected chi connectivity index (χ4v) is 1.68. The lowest BCUT2D eigenvalue weighted by Gasteiger charge is -2.26. The maximum atomic E-state index is 11.8. The predicted octanol–water partition coefficient (Wildman–Crippen LogP) is 0.362. The fourth-order valence-electron chi connectivity index (χ4n) is 1.68. The number of carboxylic acids is 1. The first kappa shape index (κ1) is 18.7. The van der Waals surface area contributed by atoms with Gasteiger partial charge in [0.15, 0.2) is 0 Å². The second kappa shape index (κ2) is 9.55. The molecule has 3 N–H and O–H groups in total. The predicted molar refractivity (Wildman–Crippen MR) is 76.8 cm³/mol. The van der Waals surface area contributed by atoms with Crippen LogP contribution in [0, 0.1) is 5.92 Å². The number of amides is 2. The summed E-state index contributed by atoms with van der Waals surface area (Å²) in [5, 5.41) is 14.2. The number of nitrogens with zero attached hydrogens (tertiary/aromatic N) is 1. The van der Waals surface area contributed by atoms with Gasteiger partial charge in [0.05, 0.1) is 12.5 Å². The van der Waals surface area contributed by atoms with Crippen LogP contribution in [-0.2, 0) is 9.53 Å². The minimum Gasteiger partial charge on any atom is -0.481 e. The molecule has 0 aromatic carbocycles. The Balaban J connectivity index is 4.21. The topological polar surface area (TPSA) is 90.9 Å². The minimum atomic E-state index is -0.952. The number of nitrogens with one attached hydrogen (secondary N) is 2. The van der Waals surface area contributed by atoms with Crippen LogP contribution in [0.1, 0.15) is 20.3 Å².